The third kappa shape index (κ3) is 2.36. The number of hydrogen-bond donors (Lipinski definition) is 1. The zero-order valence-corrected chi connectivity index (χ0v) is 11.5. The zero-order valence-electron chi connectivity index (χ0n) is 11.5. The number of nitrogens with one attached hydrogen (secondary N) is 1. The van der Waals surface area contributed by atoms with E-state index in [9.17, 15) is 4.79 Å². The van der Waals surface area contributed by atoms with Crippen LogP contribution >= 0.6 is 0 Å². The summed E-state index contributed by atoms with van der Waals surface area (Å²) in [5.74, 6) is 1.28. The third-order valence-corrected chi connectivity index (χ3v) is 4.32. The number of amides is 1. The van der Waals surface area contributed by atoms with E-state index in [1.165, 1.54) is 0 Å². The normalized spacial score (nSPS) is 23.9. The van der Waals surface area contributed by atoms with Crippen molar-refractivity contribution in [2.24, 2.45) is 11.8 Å². The Kier molecular flexibility index (Phi) is 3.26. The third-order valence-electron chi connectivity index (χ3n) is 4.32. The summed E-state index contributed by atoms with van der Waals surface area (Å²) < 4.78 is 1.81. The van der Waals surface area contributed by atoms with Crippen LogP contribution < -0.4 is 5.32 Å². The average Bonchev–Trinajstić information content (AvgIpc) is 2.94. The highest BCUT2D eigenvalue weighted by atomic mass is 16.2. The smallest absolute Gasteiger partial charge is 0.276 e. The Balaban J connectivity index is 1.65. The van der Waals surface area contributed by atoms with Gasteiger partial charge in [-0.2, -0.15) is 0 Å². The second-order valence-electron chi connectivity index (χ2n) is 5.94. The van der Waals surface area contributed by atoms with Crippen molar-refractivity contribution in [1.82, 2.24) is 25.2 Å². The van der Waals surface area contributed by atoms with Gasteiger partial charge >= 0.3 is 0 Å². The van der Waals surface area contributed by atoms with Crippen LogP contribution in [0.5, 0.6) is 0 Å². The number of likely N-dealkylation sites (tertiary alicyclic amines) is 1. The largest absolute Gasteiger partial charge is 0.337 e. The maximum Gasteiger partial charge on any atom is 0.276 e. The van der Waals surface area contributed by atoms with Gasteiger partial charge in [-0.05, 0) is 18.3 Å². The van der Waals surface area contributed by atoms with Gasteiger partial charge in [0.25, 0.3) is 5.91 Å². The van der Waals surface area contributed by atoms with Crippen LogP contribution in [0.25, 0.3) is 0 Å². The molecule has 3 heterocycles. The lowest BCUT2D eigenvalue weighted by atomic mass is 9.95. The summed E-state index contributed by atoms with van der Waals surface area (Å²) in [6, 6.07) is 0.357. The summed E-state index contributed by atoms with van der Waals surface area (Å²) in [5, 5.41) is 11.3. The van der Waals surface area contributed by atoms with Crippen LogP contribution in [-0.4, -0.2) is 52.0 Å². The zero-order chi connectivity index (χ0) is 13.4. The molecular formula is C13H21N5O. The fraction of sp³-hybridized carbons (Fsp3) is 0.769. The highest BCUT2D eigenvalue weighted by molar-refractivity contribution is 5.92. The van der Waals surface area contributed by atoms with Crippen molar-refractivity contribution in [3.05, 3.63) is 11.9 Å². The van der Waals surface area contributed by atoms with Crippen molar-refractivity contribution < 1.29 is 4.79 Å². The summed E-state index contributed by atoms with van der Waals surface area (Å²) in [5.41, 5.74) is 0.483. The molecule has 2 saturated heterocycles. The van der Waals surface area contributed by atoms with E-state index in [4.69, 9.17) is 0 Å². The number of carbonyl (C=O) groups excluding carboxylic acids is 1. The van der Waals surface area contributed by atoms with E-state index in [0.29, 0.717) is 23.6 Å². The minimum atomic E-state index is 0.0293. The Hall–Kier alpha value is -1.43. The van der Waals surface area contributed by atoms with Gasteiger partial charge in [0, 0.05) is 26.2 Å². The van der Waals surface area contributed by atoms with E-state index in [2.05, 4.69) is 29.5 Å². The van der Waals surface area contributed by atoms with E-state index in [1.54, 1.807) is 10.9 Å². The van der Waals surface area contributed by atoms with Crippen LogP contribution in [0.1, 0.15) is 36.8 Å². The van der Waals surface area contributed by atoms with Gasteiger partial charge in [0.2, 0.25) is 0 Å². The second-order valence-corrected chi connectivity index (χ2v) is 5.94. The number of carbonyl (C=O) groups is 1. The van der Waals surface area contributed by atoms with Crippen LogP contribution in [0, 0.1) is 11.8 Å². The van der Waals surface area contributed by atoms with Crippen molar-refractivity contribution in [1.29, 1.82) is 0 Å². The van der Waals surface area contributed by atoms with Crippen LogP contribution in [-0.2, 0) is 0 Å². The van der Waals surface area contributed by atoms with E-state index in [0.717, 1.165) is 32.6 Å². The molecule has 0 radical (unpaired) electrons. The van der Waals surface area contributed by atoms with Crippen molar-refractivity contribution in [2.45, 2.75) is 26.3 Å². The van der Waals surface area contributed by atoms with Gasteiger partial charge in [-0.25, -0.2) is 4.68 Å². The monoisotopic (exact) mass is 263 g/mol. The molecule has 2 fully saturated rings. The maximum atomic E-state index is 12.4. The Morgan fingerprint density at radius 1 is 1.47 bits per heavy atom. The predicted molar refractivity (Wildman–Crippen MR) is 70.8 cm³/mol. The van der Waals surface area contributed by atoms with Crippen LogP contribution in [0.3, 0.4) is 0 Å². The topological polar surface area (TPSA) is 63.1 Å². The quantitative estimate of drug-likeness (QED) is 0.864. The summed E-state index contributed by atoms with van der Waals surface area (Å²) in [6.07, 6.45) is 2.89. The molecule has 104 valence electrons. The van der Waals surface area contributed by atoms with Crippen molar-refractivity contribution in [3.8, 4) is 0 Å². The SMILES string of the molecule is CC(C)C1CCN(C(=O)c2cn(C3CNC3)nn2)C1. The standard InChI is InChI=1S/C13H21N5O/c1-9(2)10-3-4-17(7-10)13(19)12-8-18(16-15-12)11-5-14-6-11/h8-11,14H,3-7H2,1-2H3. The number of rotatable bonds is 3. The number of hydrogen-bond acceptors (Lipinski definition) is 4. The lowest BCUT2D eigenvalue weighted by molar-refractivity contribution is 0.0778. The molecule has 6 nitrogen and oxygen atoms in total. The molecule has 1 aromatic heterocycles. The fourth-order valence-corrected chi connectivity index (χ4v) is 2.69. The molecule has 1 aromatic rings. The van der Waals surface area contributed by atoms with Crippen LogP contribution in [0.4, 0.5) is 0 Å². The Bertz CT molecular complexity index is 465. The minimum Gasteiger partial charge on any atom is -0.337 e. The highest BCUT2D eigenvalue weighted by Gasteiger charge is 2.30. The molecule has 0 aliphatic carbocycles. The first-order chi connectivity index (χ1) is 9.15. The van der Waals surface area contributed by atoms with E-state index < -0.39 is 0 Å². The van der Waals surface area contributed by atoms with Crippen molar-refractivity contribution in [2.75, 3.05) is 26.2 Å². The molecule has 0 saturated carbocycles. The molecule has 1 unspecified atom stereocenters. The Morgan fingerprint density at radius 3 is 2.84 bits per heavy atom. The lowest BCUT2D eigenvalue weighted by Crippen LogP contribution is -2.43. The van der Waals surface area contributed by atoms with Gasteiger partial charge in [0.15, 0.2) is 5.69 Å². The van der Waals surface area contributed by atoms with Gasteiger partial charge in [0.1, 0.15) is 0 Å². The molecule has 1 N–H and O–H groups in total. The molecule has 2 aliphatic rings. The Labute approximate surface area is 113 Å². The predicted octanol–water partition coefficient (Wildman–Crippen LogP) is 0.540. The lowest BCUT2D eigenvalue weighted by Gasteiger charge is -2.26. The van der Waals surface area contributed by atoms with Gasteiger partial charge in [-0.15, -0.1) is 5.10 Å². The molecular weight excluding hydrogens is 242 g/mol. The van der Waals surface area contributed by atoms with Crippen molar-refractivity contribution in [3.63, 3.8) is 0 Å². The molecule has 0 bridgehead atoms. The summed E-state index contributed by atoms with van der Waals surface area (Å²) in [4.78, 5) is 14.3. The Morgan fingerprint density at radius 2 is 2.26 bits per heavy atom. The van der Waals surface area contributed by atoms with Gasteiger partial charge in [-0.3, -0.25) is 4.79 Å². The molecule has 0 aromatic carbocycles. The number of nitrogens with zero attached hydrogens (tertiary/aromatic N) is 4. The first-order valence-electron chi connectivity index (χ1n) is 7.07. The fourth-order valence-electron chi connectivity index (χ4n) is 2.69. The highest BCUT2D eigenvalue weighted by Crippen LogP contribution is 2.24. The molecule has 1 amide bonds. The van der Waals surface area contributed by atoms with Gasteiger partial charge in [-0.1, -0.05) is 19.1 Å². The molecule has 6 heteroatoms. The second kappa shape index (κ2) is 4.92. The molecule has 0 spiro atoms. The van der Waals surface area contributed by atoms with E-state index in [1.807, 2.05) is 4.90 Å². The number of aromatic nitrogens is 3. The van der Waals surface area contributed by atoms with Crippen molar-refractivity contribution >= 4 is 5.91 Å². The average molecular weight is 263 g/mol. The van der Waals surface area contributed by atoms with Crippen LogP contribution in [0.2, 0.25) is 0 Å². The summed E-state index contributed by atoms with van der Waals surface area (Å²) in [7, 11) is 0. The van der Waals surface area contributed by atoms with E-state index in [-0.39, 0.29) is 5.91 Å². The van der Waals surface area contributed by atoms with Gasteiger partial charge < -0.3 is 10.2 Å². The first-order valence-corrected chi connectivity index (χ1v) is 7.07. The molecule has 1 atom stereocenters. The summed E-state index contributed by atoms with van der Waals surface area (Å²) in [6.45, 7) is 7.97. The summed E-state index contributed by atoms with van der Waals surface area (Å²) >= 11 is 0. The van der Waals surface area contributed by atoms with Crippen LogP contribution in [0.15, 0.2) is 6.20 Å². The maximum absolute atomic E-state index is 12.4. The first kappa shape index (κ1) is 12.6. The molecule has 2 aliphatic heterocycles. The minimum absolute atomic E-state index is 0.0293. The molecule has 19 heavy (non-hydrogen) atoms. The van der Waals surface area contributed by atoms with Gasteiger partial charge in [0.05, 0.1) is 12.2 Å². The van der Waals surface area contributed by atoms with E-state index >= 15 is 0 Å². The molecule has 3 rings (SSSR count).